The Morgan fingerprint density at radius 1 is 1.71 bits per heavy atom. The topological polar surface area (TPSA) is 59.0 Å². The lowest BCUT2D eigenvalue weighted by Gasteiger charge is -2.26. The first-order valence-corrected chi connectivity index (χ1v) is 6.25. The average molecular weight is 236 g/mol. The minimum atomic E-state index is 0.119. The van der Waals surface area contributed by atoms with Crippen LogP contribution < -0.4 is 10.6 Å². The Kier molecular flexibility index (Phi) is 3.78. The molecule has 0 aromatic carbocycles. The van der Waals surface area contributed by atoms with Crippen molar-refractivity contribution < 1.29 is 4.79 Å². The van der Waals surface area contributed by atoms with Crippen LogP contribution in [0, 0.1) is 5.92 Å². The molecular formula is C12H20N4O. The van der Waals surface area contributed by atoms with E-state index < -0.39 is 0 Å². The van der Waals surface area contributed by atoms with Gasteiger partial charge in [0.1, 0.15) is 0 Å². The number of amides is 1. The van der Waals surface area contributed by atoms with Crippen LogP contribution in [0.2, 0.25) is 0 Å². The maximum Gasteiger partial charge on any atom is 0.227 e. The Balaban J connectivity index is 1.91. The van der Waals surface area contributed by atoms with Crippen molar-refractivity contribution in [3.05, 3.63) is 12.4 Å². The monoisotopic (exact) mass is 236 g/mol. The largest absolute Gasteiger partial charge is 0.323 e. The van der Waals surface area contributed by atoms with Gasteiger partial charge in [-0.05, 0) is 33.2 Å². The molecule has 0 saturated carbocycles. The van der Waals surface area contributed by atoms with Crippen LogP contribution in [-0.2, 0) is 11.3 Å². The van der Waals surface area contributed by atoms with Gasteiger partial charge in [0.2, 0.25) is 5.91 Å². The van der Waals surface area contributed by atoms with Crippen LogP contribution in [0.3, 0.4) is 0 Å². The fraction of sp³-hybridized carbons (Fsp3) is 0.667. The van der Waals surface area contributed by atoms with E-state index in [1.807, 2.05) is 13.1 Å². The number of piperidine rings is 1. The van der Waals surface area contributed by atoms with Gasteiger partial charge < -0.3 is 10.6 Å². The first-order chi connectivity index (χ1) is 8.19. The molecule has 1 aromatic heterocycles. The summed E-state index contributed by atoms with van der Waals surface area (Å²) in [5.41, 5.74) is 0.794. The number of hydrogen-bond acceptors (Lipinski definition) is 3. The molecule has 1 aliphatic rings. The van der Waals surface area contributed by atoms with Gasteiger partial charge in [0, 0.05) is 24.7 Å². The number of carbonyl (C=O) groups is 1. The molecule has 94 valence electrons. The number of anilines is 1. The molecule has 0 aliphatic carbocycles. The van der Waals surface area contributed by atoms with Crippen molar-refractivity contribution >= 4 is 11.6 Å². The first-order valence-electron chi connectivity index (χ1n) is 6.25. The lowest BCUT2D eigenvalue weighted by atomic mass is 9.92. The van der Waals surface area contributed by atoms with Crippen molar-refractivity contribution in [2.75, 3.05) is 11.9 Å². The van der Waals surface area contributed by atoms with Crippen molar-refractivity contribution in [1.29, 1.82) is 0 Å². The average Bonchev–Trinajstić information content (AvgIpc) is 2.77. The van der Waals surface area contributed by atoms with Crippen LogP contribution in [0.5, 0.6) is 0 Å². The molecule has 2 unspecified atom stereocenters. The molecule has 0 radical (unpaired) electrons. The minimum Gasteiger partial charge on any atom is -0.323 e. The zero-order valence-electron chi connectivity index (χ0n) is 10.4. The van der Waals surface area contributed by atoms with E-state index in [2.05, 4.69) is 22.7 Å². The van der Waals surface area contributed by atoms with Gasteiger partial charge in [0.25, 0.3) is 0 Å². The predicted octanol–water partition coefficient (Wildman–Crippen LogP) is 1.23. The molecular weight excluding hydrogens is 216 g/mol. The third-order valence-corrected chi connectivity index (χ3v) is 3.22. The van der Waals surface area contributed by atoms with Crippen molar-refractivity contribution in [2.24, 2.45) is 5.92 Å². The molecule has 0 bridgehead atoms. The number of nitrogens with zero attached hydrogens (tertiary/aromatic N) is 2. The highest BCUT2D eigenvalue weighted by molar-refractivity contribution is 5.92. The standard InChI is InChI=1S/C12H20N4O/c1-3-16-8-11(7-14-16)15-12(17)10-4-5-13-9(2)6-10/h7-10,13H,3-6H2,1-2H3,(H,15,17). The molecule has 1 aliphatic heterocycles. The number of rotatable bonds is 3. The van der Waals surface area contributed by atoms with Crippen LogP contribution in [0.4, 0.5) is 5.69 Å². The van der Waals surface area contributed by atoms with E-state index >= 15 is 0 Å². The van der Waals surface area contributed by atoms with Gasteiger partial charge in [-0.2, -0.15) is 5.10 Å². The lowest BCUT2D eigenvalue weighted by Crippen LogP contribution is -2.40. The van der Waals surface area contributed by atoms with E-state index in [0.717, 1.165) is 31.6 Å². The van der Waals surface area contributed by atoms with Crippen LogP contribution in [0.15, 0.2) is 12.4 Å². The Hall–Kier alpha value is -1.36. The summed E-state index contributed by atoms with van der Waals surface area (Å²) < 4.78 is 1.81. The van der Waals surface area contributed by atoms with E-state index in [4.69, 9.17) is 0 Å². The summed E-state index contributed by atoms with van der Waals surface area (Å²) in [6.45, 7) is 5.88. The highest BCUT2D eigenvalue weighted by Gasteiger charge is 2.24. The summed E-state index contributed by atoms with van der Waals surface area (Å²) in [7, 11) is 0. The molecule has 17 heavy (non-hydrogen) atoms. The van der Waals surface area contributed by atoms with Gasteiger partial charge in [0.05, 0.1) is 11.9 Å². The number of hydrogen-bond donors (Lipinski definition) is 2. The molecule has 0 spiro atoms. The smallest absolute Gasteiger partial charge is 0.227 e. The number of aryl methyl sites for hydroxylation is 1. The molecule has 1 saturated heterocycles. The van der Waals surface area contributed by atoms with Gasteiger partial charge in [0.15, 0.2) is 0 Å². The van der Waals surface area contributed by atoms with E-state index in [-0.39, 0.29) is 11.8 Å². The zero-order valence-corrected chi connectivity index (χ0v) is 10.4. The molecule has 1 fully saturated rings. The molecule has 2 atom stereocenters. The first kappa shape index (κ1) is 12.1. The van der Waals surface area contributed by atoms with Gasteiger partial charge in [-0.15, -0.1) is 0 Å². The normalized spacial score (nSPS) is 24.6. The second kappa shape index (κ2) is 5.31. The fourth-order valence-corrected chi connectivity index (χ4v) is 2.22. The van der Waals surface area contributed by atoms with E-state index in [1.54, 1.807) is 10.9 Å². The van der Waals surface area contributed by atoms with Gasteiger partial charge in [-0.1, -0.05) is 0 Å². The van der Waals surface area contributed by atoms with Crippen molar-refractivity contribution in [1.82, 2.24) is 15.1 Å². The maximum absolute atomic E-state index is 12.0. The van der Waals surface area contributed by atoms with Crippen molar-refractivity contribution in [3.8, 4) is 0 Å². The predicted molar refractivity (Wildman–Crippen MR) is 66.7 cm³/mol. The molecule has 2 heterocycles. The number of nitrogens with one attached hydrogen (secondary N) is 2. The molecule has 5 nitrogen and oxygen atoms in total. The summed E-state index contributed by atoms with van der Waals surface area (Å²) in [6.07, 6.45) is 5.39. The maximum atomic E-state index is 12.0. The highest BCUT2D eigenvalue weighted by Crippen LogP contribution is 2.18. The Labute approximate surface area is 102 Å². The summed E-state index contributed by atoms with van der Waals surface area (Å²) in [4.78, 5) is 12.0. The van der Waals surface area contributed by atoms with Crippen LogP contribution in [0.1, 0.15) is 26.7 Å². The Morgan fingerprint density at radius 2 is 2.53 bits per heavy atom. The summed E-state index contributed by atoms with van der Waals surface area (Å²) in [5, 5.41) is 10.4. The summed E-state index contributed by atoms with van der Waals surface area (Å²) >= 11 is 0. The van der Waals surface area contributed by atoms with Crippen molar-refractivity contribution in [3.63, 3.8) is 0 Å². The fourth-order valence-electron chi connectivity index (χ4n) is 2.22. The van der Waals surface area contributed by atoms with Crippen LogP contribution in [0.25, 0.3) is 0 Å². The van der Waals surface area contributed by atoms with Crippen LogP contribution >= 0.6 is 0 Å². The lowest BCUT2D eigenvalue weighted by molar-refractivity contribution is -0.120. The van der Waals surface area contributed by atoms with Gasteiger partial charge in [-0.25, -0.2) is 0 Å². The minimum absolute atomic E-state index is 0.119. The Bertz CT molecular complexity index is 388. The van der Waals surface area contributed by atoms with E-state index in [1.165, 1.54) is 0 Å². The SMILES string of the molecule is CCn1cc(NC(=O)C2CCNC(C)C2)cn1. The van der Waals surface area contributed by atoms with Gasteiger partial charge >= 0.3 is 0 Å². The molecule has 1 aromatic rings. The summed E-state index contributed by atoms with van der Waals surface area (Å²) in [6, 6.07) is 0.429. The van der Waals surface area contributed by atoms with E-state index in [9.17, 15) is 4.79 Å². The van der Waals surface area contributed by atoms with Crippen molar-refractivity contribution in [2.45, 2.75) is 39.3 Å². The highest BCUT2D eigenvalue weighted by atomic mass is 16.1. The molecule has 2 N–H and O–H groups in total. The third-order valence-electron chi connectivity index (χ3n) is 3.22. The zero-order chi connectivity index (χ0) is 12.3. The third kappa shape index (κ3) is 3.06. The quantitative estimate of drug-likeness (QED) is 0.830. The molecule has 5 heteroatoms. The molecule has 1 amide bonds. The summed E-state index contributed by atoms with van der Waals surface area (Å²) in [5.74, 6) is 0.241. The second-order valence-corrected chi connectivity index (χ2v) is 4.65. The Morgan fingerprint density at radius 3 is 3.18 bits per heavy atom. The second-order valence-electron chi connectivity index (χ2n) is 4.65. The molecule has 2 rings (SSSR count). The van der Waals surface area contributed by atoms with Crippen LogP contribution in [-0.4, -0.2) is 28.3 Å². The number of aromatic nitrogens is 2. The van der Waals surface area contributed by atoms with E-state index in [0.29, 0.717) is 6.04 Å². The van der Waals surface area contributed by atoms with Gasteiger partial charge in [-0.3, -0.25) is 9.48 Å². The number of carbonyl (C=O) groups excluding carboxylic acids is 1.